The van der Waals surface area contributed by atoms with Crippen molar-refractivity contribution in [2.45, 2.75) is 38.6 Å². The Hall–Kier alpha value is -0.420. The number of rotatable bonds is 5. The lowest BCUT2D eigenvalue weighted by Crippen LogP contribution is -2.44. The van der Waals surface area contributed by atoms with E-state index >= 15 is 0 Å². The predicted octanol–water partition coefficient (Wildman–Crippen LogP) is 0.389. The van der Waals surface area contributed by atoms with E-state index in [-0.39, 0.29) is 17.9 Å². The maximum atomic E-state index is 11.8. The molecule has 0 bridgehead atoms. The van der Waals surface area contributed by atoms with Gasteiger partial charge in [-0.15, -0.1) is 0 Å². The Bertz CT molecular complexity index is 258. The molecule has 1 saturated carbocycles. The van der Waals surface area contributed by atoms with Crippen molar-refractivity contribution in [3.05, 3.63) is 0 Å². The minimum absolute atomic E-state index is 0.00502. The van der Waals surface area contributed by atoms with E-state index in [1.807, 2.05) is 6.92 Å². The van der Waals surface area contributed by atoms with Crippen molar-refractivity contribution in [3.8, 4) is 0 Å². The first-order valence-corrected chi connectivity index (χ1v) is 7.52. The molecule has 1 rings (SSSR count). The van der Waals surface area contributed by atoms with Gasteiger partial charge in [0.15, 0.2) is 0 Å². The van der Waals surface area contributed by atoms with Crippen LogP contribution in [-0.4, -0.2) is 34.2 Å². The molecule has 1 aliphatic carbocycles. The summed E-state index contributed by atoms with van der Waals surface area (Å²) >= 11 is 0. The average Bonchev–Trinajstić information content (AvgIpc) is 2.29. The zero-order chi connectivity index (χ0) is 12.0. The van der Waals surface area contributed by atoms with E-state index in [9.17, 15) is 9.00 Å². The van der Waals surface area contributed by atoms with Crippen LogP contribution in [0, 0.1) is 5.92 Å². The van der Waals surface area contributed by atoms with Gasteiger partial charge in [-0.1, -0.05) is 19.8 Å². The van der Waals surface area contributed by atoms with E-state index in [4.69, 9.17) is 5.73 Å². The minimum Gasteiger partial charge on any atom is -0.355 e. The summed E-state index contributed by atoms with van der Waals surface area (Å²) in [4.78, 5) is 11.8. The summed E-state index contributed by atoms with van der Waals surface area (Å²) in [5.41, 5.74) is 5.92. The number of nitrogens with one attached hydrogen (secondary N) is 1. The molecule has 0 aromatic carbocycles. The smallest absolute Gasteiger partial charge is 0.224 e. The summed E-state index contributed by atoms with van der Waals surface area (Å²) in [6.45, 7) is 2.39. The van der Waals surface area contributed by atoms with Gasteiger partial charge in [-0.3, -0.25) is 9.00 Å². The molecule has 94 valence electrons. The van der Waals surface area contributed by atoms with Gasteiger partial charge in [0.25, 0.3) is 0 Å². The van der Waals surface area contributed by atoms with Gasteiger partial charge in [-0.05, 0) is 12.8 Å². The summed E-state index contributed by atoms with van der Waals surface area (Å²) in [6.07, 6.45) is 4.06. The molecule has 3 unspecified atom stereocenters. The third-order valence-electron chi connectivity index (χ3n) is 3.11. The Balaban J connectivity index is 2.25. The molecule has 0 spiro atoms. The van der Waals surface area contributed by atoms with E-state index < -0.39 is 10.8 Å². The molecule has 16 heavy (non-hydrogen) atoms. The number of carbonyl (C=O) groups excluding carboxylic acids is 1. The highest BCUT2D eigenvalue weighted by Gasteiger charge is 2.27. The second-order valence-electron chi connectivity index (χ2n) is 4.28. The van der Waals surface area contributed by atoms with Crippen LogP contribution in [0.25, 0.3) is 0 Å². The molecule has 0 aromatic rings. The first kappa shape index (κ1) is 13.6. The first-order valence-electron chi connectivity index (χ1n) is 6.03. The zero-order valence-corrected chi connectivity index (χ0v) is 10.7. The van der Waals surface area contributed by atoms with Gasteiger partial charge >= 0.3 is 0 Å². The molecule has 0 aliphatic heterocycles. The van der Waals surface area contributed by atoms with Gasteiger partial charge in [-0.2, -0.15) is 0 Å². The van der Waals surface area contributed by atoms with Gasteiger partial charge < -0.3 is 11.1 Å². The van der Waals surface area contributed by atoms with Crippen molar-refractivity contribution in [1.82, 2.24) is 5.32 Å². The largest absolute Gasteiger partial charge is 0.355 e. The quantitative estimate of drug-likeness (QED) is 0.737. The number of hydrogen-bond acceptors (Lipinski definition) is 3. The second kappa shape index (κ2) is 7.01. The molecule has 4 nitrogen and oxygen atoms in total. The third kappa shape index (κ3) is 4.22. The van der Waals surface area contributed by atoms with Crippen molar-refractivity contribution in [2.75, 3.05) is 18.1 Å². The van der Waals surface area contributed by atoms with Crippen LogP contribution in [0.1, 0.15) is 32.6 Å². The Morgan fingerprint density at radius 2 is 2.12 bits per heavy atom. The molecule has 1 aliphatic rings. The van der Waals surface area contributed by atoms with E-state index in [1.165, 1.54) is 0 Å². The van der Waals surface area contributed by atoms with E-state index in [2.05, 4.69) is 5.32 Å². The van der Waals surface area contributed by atoms with Gasteiger partial charge in [0, 0.05) is 34.9 Å². The fourth-order valence-electron chi connectivity index (χ4n) is 2.05. The Morgan fingerprint density at radius 1 is 1.44 bits per heavy atom. The second-order valence-corrected chi connectivity index (χ2v) is 6.14. The standard InChI is InChI=1S/C11H22N2O2S/c1-2-16(15)8-7-13-11(14)9-5-3-4-6-10(9)12/h9-10H,2-8,12H2,1H3,(H,13,14). The van der Waals surface area contributed by atoms with Crippen LogP contribution in [0.15, 0.2) is 0 Å². The lowest BCUT2D eigenvalue weighted by atomic mass is 9.84. The lowest BCUT2D eigenvalue weighted by molar-refractivity contribution is -0.126. The Labute approximate surface area is 99.8 Å². The third-order valence-corrected chi connectivity index (χ3v) is 4.41. The highest BCUT2D eigenvalue weighted by atomic mass is 32.2. The normalized spacial score (nSPS) is 27.4. The van der Waals surface area contributed by atoms with Crippen molar-refractivity contribution < 1.29 is 9.00 Å². The van der Waals surface area contributed by atoms with Gasteiger partial charge in [0.2, 0.25) is 5.91 Å². The van der Waals surface area contributed by atoms with Gasteiger partial charge in [0.05, 0.1) is 5.92 Å². The molecule has 0 aromatic heterocycles. The Morgan fingerprint density at radius 3 is 2.75 bits per heavy atom. The summed E-state index contributed by atoms with van der Waals surface area (Å²) in [7, 11) is -0.803. The molecule has 3 atom stereocenters. The summed E-state index contributed by atoms with van der Waals surface area (Å²) in [5.74, 6) is 1.20. The van der Waals surface area contributed by atoms with Crippen LogP contribution < -0.4 is 11.1 Å². The van der Waals surface area contributed by atoms with E-state index in [0.29, 0.717) is 18.1 Å². The van der Waals surface area contributed by atoms with Crippen LogP contribution in [0.4, 0.5) is 0 Å². The fraction of sp³-hybridized carbons (Fsp3) is 0.909. The summed E-state index contributed by atoms with van der Waals surface area (Å²) in [5, 5.41) is 2.84. The van der Waals surface area contributed by atoms with Gasteiger partial charge in [0.1, 0.15) is 0 Å². The van der Waals surface area contributed by atoms with Crippen LogP contribution in [0.3, 0.4) is 0 Å². The molecule has 1 fully saturated rings. The monoisotopic (exact) mass is 246 g/mol. The first-order chi connectivity index (χ1) is 7.65. The zero-order valence-electron chi connectivity index (χ0n) is 9.91. The highest BCUT2D eigenvalue weighted by molar-refractivity contribution is 7.84. The minimum atomic E-state index is -0.803. The average molecular weight is 246 g/mol. The van der Waals surface area contributed by atoms with Crippen molar-refractivity contribution in [1.29, 1.82) is 0 Å². The van der Waals surface area contributed by atoms with Crippen molar-refractivity contribution in [2.24, 2.45) is 11.7 Å². The van der Waals surface area contributed by atoms with Crippen LogP contribution in [0.5, 0.6) is 0 Å². The SMILES string of the molecule is CCS(=O)CCNC(=O)C1CCCCC1N. The van der Waals surface area contributed by atoms with Crippen molar-refractivity contribution in [3.63, 3.8) is 0 Å². The predicted molar refractivity (Wildman–Crippen MR) is 66.5 cm³/mol. The maximum Gasteiger partial charge on any atom is 0.224 e. The number of hydrogen-bond donors (Lipinski definition) is 2. The van der Waals surface area contributed by atoms with Crippen LogP contribution in [0.2, 0.25) is 0 Å². The van der Waals surface area contributed by atoms with Crippen LogP contribution in [-0.2, 0) is 15.6 Å². The van der Waals surface area contributed by atoms with E-state index in [0.717, 1.165) is 25.7 Å². The van der Waals surface area contributed by atoms with Crippen LogP contribution >= 0.6 is 0 Å². The maximum absolute atomic E-state index is 11.8. The molecular weight excluding hydrogens is 224 g/mol. The molecule has 0 radical (unpaired) electrons. The topological polar surface area (TPSA) is 72.2 Å². The molecular formula is C11H22N2O2S. The molecule has 3 N–H and O–H groups in total. The number of amides is 1. The highest BCUT2D eigenvalue weighted by Crippen LogP contribution is 2.22. The fourth-order valence-corrected chi connectivity index (χ4v) is 2.67. The number of carbonyl (C=O) groups is 1. The molecule has 0 heterocycles. The lowest BCUT2D eigenvalue weighted by Gasteiger charge is -2.27. The molecule has 5 heteroatoms. The summed E-state index contributed by atoms with van der Waals surface area (Å²) < 4.78 is 11.2. The Kier molecular flexibility index (Phi) is 5.98. The number of nitrogens with two attached hydrogens (primary N) is 1. The molecule has 1 amide bonds. The summed E-state index contributed by atoms with van der Waals surface area (Å²) in [6, 6.07) is 0.00502. The van der Waals surface area contributed by atoms with Gasteiger partial charge in [-0.25, -0.2) is 0 Å². The van der Waals surface area contributed by atoms with E-state index in [1.54, 1.807) is 0 Å². The molecule has 0 saturated heterocycles. The van der Waals surface area contributed by atoms with Crippen molar-refractivity contribution >= 4 is 16.7 Å².